The van der Waals surface area contributed by atoms with E-state index in [1.807, 2.05) is 0 Å². The molecule has 1 atom stereocenters. The van der Waals surface area contributed by atoms with Crippen LogP contribution >= 0.6 is 23.2 Å². The lowest BCUT2D eigenvalue weighted by molar-refractivity contribution is -0.138. The number of hydrogen-bond donors (Lipinski definition) is 1. The van der Waals surface area contributed by atoms with E-state index in [-0.39, 0.29) is 5.56 Å². The zero-order valence-electron chi connectivity index (χ0n) is 11.0. The van der Waals surface area contributed by atoms with Gasteiger partial charge in [0.25, 0.3) is 0 Å². The molecule has 1 N–H and O–H groups in total. The van der Waals surface area contributed by atoms with Crippen LogP contribution in [0.25, 0.3) is 0 Å². The third-order valence-electron chi connectivity index (χ3n) is 3.14. The molecule has 0 aliphatic heterocycles. The van der Waals surface area contributed by atoms with E-state index in [4.69, 9.17) is 23.2 Å². The quantitative estimate of drug-likeness (QED) is 0.801. The molecule has 1 unspecified atom stereocenters. The molecule has 0 spiro atoms. The highest BCUT2D eigenvalue weighted by Gasteiger charge is 2.35. The van der Waals surface area contributed by atoms with Crippen molar-refractivity contribution in [1.82, 2.24) is 5.32 Å². The number of alkyl halides is 3. The summed E-state index contributed by atoms with van der Waals surface area (Å²) in [5.74, 6) is 0. The molecule has 0 aromatic heterocycles. The summed E-state index contributed by atoms with van der Waals surface area (Å²) >= 11 is 11.9. The maximum absolute atomic E-state index is 13.1. The monoisotopic (exact) mass is 333 g/mol. The maximum atomic E-state index is 13.1. The average Bonchev–Trinajstić information content (AvgIpc) is 2.41. The molecular weight excluding hydrogens is 322 g/mol. The summed E-state index contributed by atoms with van der Waals surface area (Å²) in [6.45, 7) is 0. The van der Waals surface area contributed by atoms with Crippen LogP contribution in [0.3, 0.4) is 0 Å². The van der Waals surface area contributed by atoms with Crippen molar-refractivity contribution in [3.63, 3.8) is 0 Å². The topological polar surface area (TPSA) is 12.0 Å². The molecule has 0 aliphatic carbocycles. The van der Waals surface area contributed by atoms with Gasteiger partial charge in [-0.05, 0) is 36.4 Å². The highest BCUT2D eigenvalue weighted by atomic mass is 35.5. The normalized spacial score (nSPS) is 13.2. The summed E-state index contributed by atoms with van der Waals surface area (Å²) in [5.41, 5.74) is -0.0210. The molecule has 2 aromatic rings. The highest BCUT2D eigenvalue weighted by molar-refractivity contribution is 6.35. The molecule has 1 nitrogen and oxygen atoms in total. The molecule has 0 amide bonds. The van der Waals surface area contributed by atoms with Crippen molar-refractivity contribution >= 4 is 23.2 Å². The number of halogens is 5. The summed E-state index contributed by atoms with van der Waals surface area (Å²) in [7, 11) is 1.59. The summed E-state index contributed by atoms with van der Waals surface area (Å²) in [5, 5.41) is 3.63. The zero-order valence-corrected chi connectivity index (χ0v) is 12.5. The van der Waals surface area contributed by atoms with Gasteiger partial charge in [0.1, 0.15) is 0 Å². The predicted octanol–water partition coefficient (Wildman–Crippen LogP) is 5.32. The van der Waals surface area contributed by atoms with Crippen LogP contribution in [0.5, 0.6) is 0 Å². The highest BCUT2D eigenvalue weighted by Crippen LogP contribution is 2.38. The second-order valence-corrected chi connectivity index (χ2v) is 5.32. The van der Waals surface area contributed by atoms with Crippen molar-refractivity contribution < 1.29 is 13.2 Å². The summed E-state index contributed by atoms with van der Waals surface area (Å²) in [6, 6.07) is 9.49. The molecule has 0 radical (unpaired) electrons. The van der Waals surface area contributed by atoms with Gasteiger partial charge in [-0.2, -0.15) is 13.2 Å². The van der Waals surface area contributed by atoms with Crippen molar-refractivity contribution in [3.05, 3.63) is 69.2 Å². The molecule has 0 fully saturated rings. The van der Waals surface area contributed by atoms with Gasteiger partial charge in [0.15, 0.2) is 0 Å². The molecule has 0 saturated heterocycles. The minimum absolute atomic E-state index is 0.122. The Hall–Kier alpha value is -1.23. The molecule has 112 valence electrons. The van der Waals surface area contributed by atoms with Crippen LogP contribution in [0.2, 0.25) is 10.0 Å². The van der Waals surface area contributed by atoms with Crippen LogP contribution in [-0.4, -0.2) is 7.05 Å². The molecular formula is C15H12Cl2F3N. The molecule has 2 aromatic carbocycles. The second kappa shape index (κ2) is 6.26. The Bertz CT molecular complexity index is 641. The Morgan fingerprint density at radius 1 is 1.00 bits per heavy atom. The van der Waals surface area contributed by atoms with E-state index in [1.54, 1.807) is 25.2 Å². The van der Waals surface area contributed by atoms with E-state index in [2.05, 4.69) is 5.32 Å². The van der Waals surface area contributed by atoms with Crippen molar-refractivity contribution in [1.29, 1.82) is 0 Å². The first-order valence-electron chi connectivity index (χ1n) is 6.13. The fraction of sp³-hybridized carbons (Fsp3) is 0.200. The molecule has 21 heavy (non-hydrogen) atoms. The largest absolute Gasteiger partial charge is 0.416 e. The van der Waals surface area contributed by atoms with E-state index in [1.165, 1.54) is 18.2 Å². The maximum Gasteiger partial charge on any atom is 0.416 e. The predicted molar refractivity (Wildman–Crippen MR) is 78.8 cm³/mol. The standard InChI is InChI=1S/C15H12Cl2F3N/c1-21-14(11-7-6-9(16)8-13(11)17)10-4-2-3-5-12(10)15(18,19)20/h2-8,14,21H,1H3. The van der Waals surface area contributed by atoms with E-state index in [0.29, 0.717) is 15.6 Å². The van der Waals surface area contributed by atoms with Crippen molar-refractivity contribution in [2.75, 3.05) is 7.05 Å². The minimum Gasteiger partial charge on any atom is -0.309 e. The number of benzene rings is 2. The Morgan fingerprint density at radius 2 is 1.67 bits per heavy atom. The Kier molecular flexibility index (Phi) is 4.81. The van der Waals surface area contributed by atoms with E-state index in [9.17, 15) is 13.2 Å². The van der Waals surface area contributed by atoms with Gasteiger partial charge in [-0.25, -0.2) is 0 Å². The Labute approximate surface area is 130 Å². The summed E-state index contributed by atoms with van der Waals surface area (Å²) in [6.07, 6.45) is -4.43. The molecule has 6 heteroatoms. The van der Waals surface area contributed by atoms with Crippen LogP contribution in [0, 0.1) is 0 Å². The SMILES string of the molecule is CNC(c1ccc(Cl)cc1Cl)c1ccccc1C(F)(F)F. The third kappa shape index (κ3) is 3.51. The zero-order chi connectivity index (χ0) is 15.6. The first-order chi connectivity index (χ1) is 9.84. The summed E-state index contributed by atoms with van der Waals surface area (Å²) < 4.78 is 39.4. The molecule has 0 aliphatic rings. The van der Waals surface area contributed by atoms with Crippen LogP contribution in [0.1, 0.15) is 22.7 Å². The van der Waals surface area contributed by atoms with Gasteiger partial charge in [-0.1, -0.05) is 47.5 Å². The van der Waals surface area contributed by atoms with Gasteiger partial charge in [-0.3, -0.25) is 0 Å². The Balaban J connectivity index is 2.57. The van der Waals surface area contributed by atoms with Crippen LogP contribution < -0.4 is 5.32 Å². The first-order valence-corrected chi connectivity index (χ1v) is 6.88. The number of hydrogen-bond acceptors (Lipinski definition) is 1. The van der Waals surface area contributed by atoms with Gasteiger partial charge in [0.2, 0.25) is 0 Å². The third-order valence-corrected chi connectivity index (χ3v) is 3.70. The van der Waals surface area contributed by atoms with Gasteiger partial charge < -0.3 is 5.32 Å². The Morgan fingerprint density at radius 3 is 2.24 bits per heavy atom. The van der Waals surface area contributed by atoms with Crippen molar-refractivity contribution in [2.24, 2.45) is 0 Å². The molecule has 2 rings (SSSR count). The fourth-order valence-corrected chi connectivity index (χ4v) is 2.74. The first kappa shape index (κ1) is 16.1. The lowest BCUT2D eigenvalue weighted by Gasteiger charge is -2.22. The molecule has 0 heterocycles. The van der Waals surface area contributed by atoms with Gasteiger partial charge >= 0.3 is 6.18 Å². The van der Waals surface area contributed by atoms with Crippen LogP contribution in [0.15, 0.2) is 42.5 Å². The van der Waals surface area contributed by atoms with Crippen molar-refractivity contribution in [3.8, 4) is 0 Å². The van der Waals surface area contributed by atoms with Gasteiger partial charge in [0.05, 0.1) is 11.6 Å². The van der Waals surface area contributed by atoms with Gasteiger partial charge in [0, 0.05) is 10.0 Å². The number of nitrogens with one attached hydrogen (secondary N) is 1. The fourth-order valence-electron chi connectivity index (χ4n) is 2.22. The van der Waals surface area contributed by atoms with Crippen LogP contribution in [-0.2, 0) is 6.18 Å². The van der Waals surface area contributed by atoms with E-state index >= 15 is 0 Å². The smallest absolute Gasteiger partial charge is 0.309 e. The number of rotatable bonds is 3. The second-order valence-electron chi connectivity index (χ2n) is 4.47. The van der Waals surface area contributed by atoms with Crippen LogP contribution in [0.4, 0.5) is 13.2 Å². The summed E-state index contributed by atoms with van der Waals surface area (Å²) in [4.78, 5) is 0. The average molecular weight is 334 g/mol. The molecule has 0 saturated carbocycles. The van der Waals surface area contributed by atoms with E-state index < -0.39 is 17.8 Å². The lowest BCUT2D eigenvalue weighted by atomic mass is 9.94. The van der Waals surface area contributed by atoms with Crippen molar-refractivity contribution in [2.45, 2.75) is 12.2 Å². The van der Waals surface area contributed by atoms with Gasteiger partial charge in [-0.15, -0.1) is 0 Å². The van der Waals surface area contributed by atoms with E-state index in [0.717, 1.165) is 6.07 Å². The minimum atomic E-state index is -4.43. The lowest BCUT2D eigenvalue weighted by Crippen LogP contribution is -2.22. The molecule has 0 bridgehead atoms.